The molecule has 0 radical (unpaired) electrons. The smallest absolute Gasteiger partial charge is 0.369 e. The van der Waals surface area contributed by atoms with Crippen LogP contribution in [-0.4, -0.2) is 61.1 Å². The van der Waals surface area contributed by atoms with Crippen molar-refractivity contribution in [3.8, 4) is 0 Å². The Morgan fingerprint density at radius 3 is 2.77 bits per heavy atom. The van der Waals surface area contributed by atoms with E-state index < -0.39 is 17.6 Å². The molecule has 4 atom stereocenters. The summed E-state index contributed by atoms with van der Waals surface area (Å²) < 4.78 is 46.1. The molecule has 3 aliphatic heterocycles. The fourth-order valence-electron chi connectivity index (χ4n) is 5.10. The summed E-state index contributed by atoms with van der Waals surface area (Å²) in [6, 6.07) is 5.04. The van der Waals surface area contributed by atoms with E-state index in [-0.39, 0.29) is 23.2 Å². The van der Waals surface area contributed by atoms with Gasteiger partial charge in [0.2, 0.25) is 0 Å². The summed E-state index contributed by atoms with van der Waals surface area (Å²) in [5, 5.41) is 0. The van der Waals surface area contributed by atoms with Crippen molar-refractivity contribution < 1.29 is 22.7 Å². The van der Waals surface area contributed by atoms with Crippen molar-refractivity contribution in [2.24, 2.45) is 11.8 Å². The van der Waals surface area contributed by atoms with Crippen molar-refractivity contribution in [3.05, 3.63) is 35.4 Å². The van der Waals surface area contributed by atoms with E-state index in [1.165, 1.54) is 18.2 Å². The van der Waals surface area contributed by atoms with E-state index in [0.29, 0.717) is 19.0 Å². The summed E-state index contributed by atoms with van der Waals surface area (Å²) in [6.07, 6.45) is -2.47. The number of benzene rings is 1. The quantitative estimate of drug-likeness (QED) is 0.823. The van der Waals surface area contributed by atoms with E-state index in [0.717, 1.165) is 25.5 Å². The lowest BCUT2D eigenvalue weighted by atomic mass is 9.73. The van der Waals surface area contributed by atoms with Crippen LogP contribution in [0.4, 0.5) is 13.2 Å². The normalized spacial score (nSPS) is 33.2. The van der Waals surface area contributed by atoms with Crippen LogP contribution in [0.25, 0.3) is 0 Å². The maximum absolute atomic E-state index is 13.3. The molecule has 1 spiro atoms. The molecule has 7 heteroatoms. The molecule has 3 fully saturated rings. The highest BCUT2D eigenvalue weighted by atomic mass is 19.4. The topological polar surface area (TPSA) is 32.8 Å². The lowest BCUT2D eigenvalue weighted by molar-refractivity contribution is -0.138. The average Bonchev–Trinajstić information content (AvgIpc) is 3.22. The van der Waals surface area contributed by atoms with Gasteiger partial charge in [-0.15, -0.1) is 0 Å². The van der Waals surface area contributed by atoms with Crippen molar-refractivity contribution in [2.75, 3.05) is 33.7 Å². The zero-order valence-electron chi connectivity index (χ0n) is 14.9. The maximum Gasteiger partial charge on any atom is 0.417 e. The highest BCUT2D eigenvalue weighted by molar-refractivity contribution is 5.96. The summed E-state index contributed by atoms with van der Waals surface area (Å²) in [5.41, 5.74) is -1.50. The third kappa shape index (κ3) is 2.72. The molecule has 4 rings (SSSR count). The molecule has 142 valence electrons. The summed E-state index contributed by atoms with van der Waals surface area (Å²) in [7, 11) is 4.02. The molecular formula is C19H23F3N2O2. The van der Waals surface area contributed by atoms with E-state index in [2.05, 4.69) is 4.90 Å². The molecule has 0 N–H and O–H groups in total. The van der Waals surface area contributed by atoms with Gasteiger partial charge in [-0.1, -0.05) is 12.1 Å². The molecule has 3 saturated heterocycles. The van der Waals surface area contributed by atoms with Crippen molar-refractivity contribution in [3.63, 3.8) is 0 Å². The number of carbonyl (C=O) groups is 1. The summed E-state index contributed by atoms with van der Waals surface area (Å²) in [6.45, 7) is 1.74. The van der Waals surface area contributed by atoms with Crippen LogP contribution in [0.3, 0.4) is 0 Å². The number of carbonyl (C=O) groups excluding carboxylic acids is 1. The molecule has 26 heavy (non-hydrogen) atoms. The SMILES string of the molecule is CN(C)C[C@H]1[C@H]2CN(C(=O)c3ccccc3C(F)(F)F)C[C@]23CC[C@H]1O3. The van der Waals surface area contributed by atoms with Crippen molar-refractivity contribution in [1.82, 2.24) is 9.80 Å². The Morgan fingerprint density at radius 2 is 2.08 bits per heavy atom. The Kier molecular flexibility index (Phi) is 4.08. The standard InChI is InChI=1S/C19H23F3N2O2/c1-23(2)9-13-15-10-24(11-18(15)8-7-16(13)26-18)17(25)12-5-3-4-6-14(12)19(20,21)22/h3-6,13,15-16H,7-11H2,1-2H3/t13-,15+,16+,18+/m0/s1. The van der Waals surface area contributed by atoms with E-state index >= 15 is 0 Å². The molecule has 3 aliphatic rings. The molecule has 4 nitrogen and oxygen atoms in total. The summed E-state index contributed by atoms with van der Waals surface area (Å²) >= 11 is 0. The highest BCUT2D eigenvalue weighted by Gasteiger charge is 2.63. The fourth-order valence-corrected chi connectivity index (χ4v) is 5.10. The van der Waals surface area contributed by atoms with E-state index in [9.17, 15) is 18.0 Å². The van der Waals surface area contributed by atoms with Crippen LogP contribution in [0.1, 0.15) is 28.8 Å². The Morgan fingerprint density at radius 1 is 1.35 bits per heavy atom. The van der Waals surface area contributed by atoms with Gasteiger partial charge < -0.3 is 14.5 Å². The first-order valence-electron chi connectivity index (χ1n) is 8.99. The number of nitrogens with zero attached hydrogens (tertiary/aromatic N) is 2. The van der Waals surface area contributed by atoms with Gasteiger partial charge in [0.25, 0.3) is 5.91 Å². The van der Waals surface area contributed by atoms with Gasteiger partial charge >= 0.3 is 6.18 Å². The molecule has 0 aromatic heterocycles. The summed E-state index contributed by atoms with van der Waals surface area (Å²) in [5.74, 6) is -0.0163. The molecule has 0 unspecified atom stereocenters. The zero-order chi connectivity index (χ0) is 18.7. The first-order chi connectivity index (χ1) is 12.2. The molecule has 1 amide bonds. The van der Waals surface area contributed by atoms with Crippen LogP contribution in [0.5, 0.6) is 0 Å². The Hall–Kier alpha value is -1.60. The lowest BCUT2D eigenvalue weighted by Crippen LogP contribution is -2.40. The fraction of sp³-hybridized carbons (Fsp3) is 0.632. The van der Waals surface area contributed by atoms with E-state index in [1.807, 2.05) is 14.1 Å². The minimum absolute atomic E-state index is 0.200. The van der Waals surface area contributed by atoms with Crippen LogP contribution < -0.4 is 0 Å². The summed E-state index contributed by atoms with van der Waals surface area (Å²) in [4.78, 5) is 16.6. The largest absolute Gasteiger partial charge is 0.417 e. The molecule has 0 saturated carbocycles. The van der Waals surface area contributed by atoms with Gasteiger partial charge in [-0.2, -0.15) is 13.2 Å². The van der Waals surface area contributed by atoms with Gasteiger partial charge in [-0.25, -0.2) is 0 Å². The Labute approximate surface area is 150 Å². The van der Waals surface area contributed by atoms with Crippen LogP contribution >= 0.6 is 0 Å². The molecule has 1 aromatic rings. The first kappa shape index (κ1) is 17.8. The molecule has 0 aliphatic carbocycles. The van der Waals surface area contributed by atoms with Crippen LogP contribution in [0.15, 0.2) is 24.3 Å². The van der Waals surface area contributed by atoms with Crippen LogP contribution in [0.2, 0.25) is 0 Å². The van der Waals surface area contributed by atoms with Gasteiger partial charge in [-0.05, 0) is 39.1 Å². The number of rotatable bonds is 3. The average molecular weight is 368 g/mol. The second-order valence-electron chi connectivity index (χ2n) is 8.02. The number of amides is 1. The first-order valence-corrected chi connectivity index (χ1v) is 8.99. The number of hydrogen-bond acceptors (Lipinski definition) is 3. The van der Waals surface area contributed by atoms with Crippen LogP contribution in [0, 0.1) is 11.8 Å². The minimum atomic E-state index is -4.54. The second-order valence-corrected chi connectivity index (χ2v) is 8.02. The monoisotopic (exact) mass is 368 g/mol. The van der Waals surface area contributed by atoms with Gasteiger partial charge in [-0.3, -0.25) is 4.79 Å². The predicted octanol–water partition coefficient (Wildman–Crippen LogP) is 2.89. The Bertz CT molecular complexity index is 721. The van der Waals surface area contributed by atoms with E-state index in [1.54, 1.807) is 4.90 Å². The lowest BCUT2D eigenvalue weighted by Gasteiger charge is -2.30. The van der Waals surface area contributed by atoms with Crippen molar-refractivity contribution >= 4 is 5.91 Å². The molecule has 1 aromatic carbocycles. The molecular weight excluding hydrogens is 345 g/mol. The van der Waals surface area contributed by atoms with Gasteiger partial charge in [0, 0.05) is 24.9 Å². The number of ether oxygens (including phenoxy) is 1. The highest BCUT2D eigenvalue weighted by Crippen LogP contribution is 2.55. The second kappa shape index (κ2) is 5.96. The van der Waals surface area contributed by atoms with E-state index in [4.69, 9.17) is 4.74 Å². The zero-order valence-corrected chi connectivity index (χ0v) is 14.9. The molecule has 3 heterocycles. The Balaban J connectivity index is 1.59. The molecule has 2 bridgehead atoms. The van der Waals surface area contributed by atoms with Crippen molar-refractivity contribution in [1.29, 1.82) is 0 Å². The number of fused-ring (bicyclic) bond motifs is 1. The third-order valence-corrected chi connectivity index (χ3v) is 6.11. The van der Waals surface area contributed by atoms with Gasteiger partial charge in [0.1, 0.15) is 0 Å². The third-order valence-electron chi connectivity index (χ3n) is 6.11. The van der Waals surface area contributed by atoms with Gasteiger partial charge in [0.05, 0.1) is 29.4 Å². The number of hydrogen-bond donors (Lipinski definition) is 0. The van der Waals surface area contributed by atoms with Crippen molar-refractivity contribution in [2.45, 2.75) is 30.7 Å². The van der Waals surface area contributed by atoms with Crippen LogP contribution in [-0.2, 0) is 10.9 Å². The minimum Gasteiger partial charge on any atom is -0.369 e. The number of alkyl halides is 3. The maximum atomic E-state index is 13.3. The van der Waals surface area contributed by atoms with Gasteiger partial charge in [0.15, 0.2) is 0 Å². The predicted molar refractivity (Wildman–Crippen MR) is 89.7 cm³/mol. The number of halogens is 3. The number of likely N-dealkylation sites (tertiary alicyclic amines) is 1.